The first-order valence-electron chi connectivity index (χ1n) is 9.61. The van der Waals surface area contributed by atoms with E-state index in [9.17, 15) is 4.79 Å². The normalized spacial score (nSPS) is 19.7. The highest BCUT2D eigenvalue weighted by atomic mass is 16.5. The second-order valence-electron chi connectivity index (χ2n) is 7.54. The van der Waals surface area contributed by atoms with Gasteiger partial charge < -0.3 is 14.0 Å². The maximum atomic E-state index is 12.1. The lowest BCUT2D eigenvalue weighted by molar-refractivity contribution is 0.368. The molecule has 1 aromatic carbocycles. The van der Waals surface area contributed by atoms with Crippen molar-refractivity contribution < 1.29 is 4.52 Å². The van der Waals surface area contributed by atoms with Crippen LogP contribution in [0.25, 0.3) is 11.2 Å². The summed E-state index contributed by atoms with van der Waals surface area (Å²) in [5.41, 5.74) is 2.10. The number of piperidine rings is 1. The van der Waals surface area contributed by atoms with Crippen LogP contribution in [0.5, 0.6) is 0 Å². The molecule has 0 radical (unpaired) electrons. The van der Waals surface area contributed by atoms with Gasteiger partial charge in [-0.05, 0) is 30.4 Å². The zero-order valence-corrected chi connectivity index (χ0v) is 16.0. The molecule has 9 nitrogen and oxygen atoms in total. The molecule has 2 aliphatic rings. The van der Waals surface area contributed by atoms with E-state index in [-0.39, 0.29) is 12.1 Å². The highest BCUT2D eigenvalue weighted by molar-refractivity contribution is 5.68. The van der Waals surface area contributed by atoms with E-state index in [0.717, 1.165) is 11.8 Å². The zero-order chi connectivity index (χ0) is 19.8. The van der Waals surface area contributed by atoms with Crippen molar-refractivity contribution in [3.63, 3.8) is 0 Å². The number of fused-ring (bicyclic) bond motifs is 2. The van der Waals surface area contributed by atoms with E-state index >= 15 is 0 Å². The van der Waals surface area contributed by atoms with Crippen molar-refractivity contribution in [3.8, 4) is 0 Å². The van der Waals surface area contributed by atoms with Gasteiger partial charge in [-0.1, -0.05) is 23.4 Å². The van der Waals surface area contributed by atoms with Gasteiger partial charge in [0.05, 0.1) is 6.33 Å². The second kappa shape index (κ2) is 7.16. The van der Waals surface area contributed by atoms with Crippen LogP contribution >= 0.6 is 0 Å². The quantitative estimate of drug-likeness (QED) is 0.525. The minimum absolute atomic E-state index is 0.187. The molecule has 148 valence electrons. The van der Waals surface area contributed by atoms with Crippen molar-refractivity contribution in [3.05, 3.63) is 65.6 Å². The fourth-order valence-electron chi connectivity index (χ4n) is 3.84. The van der Waals surface area contributed by atoms with E-state index < -0.39 is 0 Å². The summed E-state index contributed by atoms with van der Waals surface area (Å²) in [6.45, 7) is 2.80. The smallest absolute Gasteiger partial charge is 0.280 e. The molecule has 1 aliphatic carbocycles. The Labute approximate surface area is 166 Å². The third kappa shape index (κ3) is 3.51. The molecule has 3 aromatic heterocycles. The average Bonchev–Trinajstić information content (AvgIpc) is 3.15. The van der Waals surface area contributed by atoms with Gasteiger partial charge in [0.15, 0.2) is 17.5 Å². The Kier molecular flexibility index (Phi) is 4.34. The summed E-state index contributed by atoms with van der Waals surface area (Å²) in [6, 6.07) is 10.8. The van der Waals surface area contributed by atoms with Crippen LogP contribution in [-0.2, 0) is 13.6 Å². The summed E-state index contributed by atoms with van der Waals surface area (Å²) < 4.78 is 7.88. The Balaban J connectivity index is 0.000000132. The lowest BCUT2D eigenvalue weighted by Crippen LogP contribution is -2.22. The molecule has 4 heterocycles. The van der Waals surface area contributed by atoms with Crippen molar-refractivity contribution in [1.29, 1.82) is 0 Å². The van der Waals surface area contributed by atoms with Crippen LogP contribution in [0.1, 0.15) is 12.3 Å². The second-order valence-corrected chi connectivity index (χ2v) is 7.54. The molecule has 0 bridgehead atoms. The van der Waals surface area contributed by atoms with Crippen molar-refractivity contribution in [1.82, 2.24) is 29.2 Å². The summed E-state index contributed by atoms with van der Waals surface area (Å²) in [5.74, 6) is 2.42. The molecule has 1 saturated carbocycles. The van der Waals surface area contributed by atoms with E-state index in [1.54, 1.807) is 17.9 Å². The number of anilines is 1. The monoisotopic (exact) mass is 391 g/mol. The van der Waals surface area contributed by atoms with Crippen molar-refractivity contribution in [2.24, 2.45) is 18.9 Å². The van der Waals surface area contributed by atoms with E-state index in [4.69, 9.17) is 4.52 Å². The summed E-state index contributed by atoms with van der Waals surface area (Å²) in [4.78, 5) is 26.6. The van der Waals surface area contributed by atoms with Gasteiger partial charge in [0, 0.05) is 25.8 Å². The van der Waals surface area contributed by atoms with Crippen LogP contribution in [0.3, 0.4) is 0 Å². The van der Waals surface area contributed by atoms with Crippen LogP contribution in [0.15, 0.2) is 58.6 Å². The summed E-state index contributed by atoms with van der Waals surface area (Å²) in [7, 11) is 1.75. The molecule has 0 N–H and O–H groups in total. The fourth-order valence-corrected chi connectivity index (χ4v) is 3.84. The molecular formula is C20H21N7O2. The predicted molar refractivity (Wildman–Crippen MR) is 106 cm³/mol. The molecular weight excluding hydrogens is 370 g/mol. The van der Waals surface area contributed by atoms with Crippen LogP contribution in [-0.4, -0.2) is 42.3 Å². The summed E-state index contributed by atoms with van der Waals surface area (Å²) >= 11 is 0. The van der Waals surface area contributed by atoms with E-state index in [2.05, 4.69) is 55.3 Å². The molecule has 4 aromatic rings. The van der Waals surface area contributed by atoms with Gasteiger partial charge >= 0.3 is 0 Å². The molecule has 0 unspecified atom stereocenters. The minimum Gasteiger partial charge on any atom is -0.371 e. The first kappa shape index (κ1) is 17.6. The molecule has 6 rings (SSSR count). The van der Waals surface area contributed by atoms with E-state index in [1.165, 1.54) is 42.4 Å². The van der Waals surface area contributed by atoms with Gasteiger partial charge in [0.1, 0.15) is 12.9 Å². The average molecular weight is 391 g/mol. The Bertz CT molecular complexity index is 1160. The Hall–Kier alpha value is -3.49. The molecule has 9 heteroatoms. The maximum Gasteiger partial charge on any atom is 0.280 e. The zero-order valence-electron chi connectivity index (χ0n) is 16.0. The molecule has 29 heavy (non-hydrogen) atoms. The summed E-state index contributed by atoms with van der Waals surface area (Å²) in [6.07, 6.45) is 5.75. The van der Waals surface area contributed by atoms with Crippen molar-refractivity contribution in [2.45, 2.75) is 13.0 Å². The van der Waals surface area contributed by atoms with Gasteiger partial charge in [-0.25, -0.2) is 9.97 Å². The molecule has 0 amide bonds. The number of para-hydroxylation sites is 1. The number of aromatic nitrogens is 6. The molecule has 2 atom stereocenters. The van der Waals surface area contributed by atoms with Crippen LogP contribution in [0.4, 0.5) is 5.69 Å². The number of hydrogen-bond acceptors (Lipinski definition) is 7. The number of benzene rings is 1. The van der Waals surface area contributed by atoms with E-state index in [1.807, 2.05) is 0 Å². The Morgan fingerprint density at radius 3 is 2.55 bits per heavy atom. The lowest BCUT2D eigenvalue weighted by Gasteiger charge is -2.19. The minimum atomic E-state index is -0.187. The SMILES string of the molecule is Cn1cnc2ncn(Cc3ncno3)c(=O)c21.c1ccc(N2C[C@H]3C[C@H]3C2)cc1. The molecule has 2 fully saturated rings. The highest BCUT2D eigenvalue weighted by Crippen LogP contribution is 2.46. The number of nitrogens with zero attached hydrogens (tertiary/aromatic N) is 7. The Morgan fingerprint density at radius 1 is 1.07 bits per heavy atom. The number of hydrogen-bond donors (Lipinski definition) is 0. The van der Waals surface area contributed by atoms with Gasteiger partial charge in [-0.3, -0.25) is 9.36 Å². The largest absolute Gasteiger partial charge is 0.371 e. The topological polar surface area (TPSA) is 94.9 Å². The first-order valence-corrected chi connectivity index (χ1v) is 9.61. The lowest BCUT2D eigenvalue weighted by atomic mass is 10.3. The third-order valence-electron chi connectivity index (χ3n) is 5.51. The first-order chi connectivity index (χ1) is 14.2. The third-order valence-corrected chi connectivity index (χ3v) is 5.51. The summed E-state index contributed by atoms with van der Waals surface area (Å²) in [5, 5.41) is 3.48. The van der Waals surface area contributed by atoms with Crippen LogP contribution in [0, 0.1) is 11.8 Å². The van der Waals surface area contributed by atoms with E-state index in [0.29, 0.717) is 17.1 Å². The number of aryl methyl sites for hydroxylation is 1. The van der Waals surface area contributed by atoms with Gasteiger partial charge in [-0.2, -0.15) is 4.98 Å². The van der Waals surface area contributed by atoms with Gasteiger partial charge in [0.2, 0.25) is 5.89 Å². The molecule has 1 aliphatic heterocycles. The van der Waals surface area contributed by atoms with Gasteiger partial charge in [-0.15, -0.1) is 0 Å². The fraction of sp³-hybridized carbons (Fsp3) is 0.350. The molecule has 0 spiro atoms. The molecule has 1 saturated heterocycles. The van der Waals surface area contributed by atoms with Crippen molar-refractivity contribution in [2.75, 3.05) is 18.0 Å². The predicted octanol–water partition coefficient (Wildman–Crippen LogP) is 1.70. The maximum absolute atomic E-state index is 12.1. The van der Waals surface area contributed by atoms with Crippen LogP contribution in [0.2, 0.25) is 0 Å². The standard InChI is InChI=1S/C11H13N.C9H8N6O2/c1-2-4-11(5-3-1)12-7-9-6-10(9)8-12;1-14-4-11-8-7(14)9(16)15(5-12-8)2-6-10-3-13-17-6/h1-5,9-10H,6-8H2;3-5H,2H2,1H3/t9-,10+;. The van der Waals surface area contributed by atoms with Crippen LogP contribution < -0.4 is 10.5 Å². The number of rotatable bonds is 3. The van der Waals surface area contributed by atoms with Gasteiger partial charge in [0.25, 0.3) is 5.56 Å². The highest BCUT2D eigenvalue weighted by Gasteiger charge is 2.44. The number of imidazole rings is 1. The Morgan fingerprint density at radius 2 is 1.83 bits per heavy atom. The van der Waals surface area contributed by atoms with Crippen molar-refractivity contribution >= 4 is 16.9 Å².